The van der Waals surface area contributed by atoms with Crippen LogP contribution in [0, 0.1) is 11.2 Å². The topological polar surface area (TPSA) is 63.4 Å². The molecule has 0 atom stereocenters. The zero-order valence-electron chi connectivity index (χ0n) is 11.2. The minimum Gasteiger partial charge on any atom is -0.398 e. The van der Waals surface area contributed by atoms with E-state index in [1.165, 1.54) is 10.4 Å². The molecule has 1 aromatic rings. The number of nitrogen functional groups attached to an aromatic ring is 1. The van der Waals surface area contributed by atoms with Gasteiger partial charge in [-0.2, -0.15) is 4.31 Å². The quantitative estimate of drug-likeness (QED) is 0.848. The molecular weight excluding hydrogens is 267 g/mol. The molecule has 0 amide bonds. The van der Waals surface area contributed by atoms with Crippen LogP contribution in [0.4, 0.5) is 10.1 Å². The lowest BCUT2D eigenvalue weighted by Crippen LogP contribution is -2.43. The molecule has 2 N–H and O–H groups in total. The van der Waals surface area contributed by atoms with E-state index in [1.807, 2.05) is 13.8 Å². The minimum absolute atomic E-state index is 0.0621. The van der Waals surface area contributed by atoms with Crippen molar-refractivity contribution in [3.63, 3.8) is 0 Å². The lowest BCUT2D eigenvalue weighted by Gasteiger charge is -2.37. The Labute approximate surface area is 113 Å². The molecule has 0 unspecified atom stereocenters. The summed E-state index contributed by atoms with van der Waals surface area (Å²) < 4.78 is 39.7. The van der Waals surface area contributed by atoms with Gasteiger partial charge in [0, 0.05) is 13.1 Å². The SMILES string of the molecule is CC1(C)CCCN(S(=O)(=O)c2cc(F)ccc2N)C1. The van der Waals surface area contributed by atoms with Gasteiger partial charge in [0.15, 0.2) is 0 Å². The van der Waals surface area contributed by atoms with Crippen molar-refractivity contribution in [2.24, 2.45) is 5.41 Å². The Balaban J connectivity index is 2.39. The maximum absolute atomic E-state index is 13.3. The van der Waals surface area contributed by atoms with Crippen LogP contribution >= 0.6 is 0 Å². The van der Waals surface area contributed by atoms with Gasteiger partial charge in [-0.15, -0.1) is 0 Å². The highest BCUT2D eigenvalue weighted by atomic mass is 32.2. The second-order valence-electron chi connectivity index (χ2n) is 5.79. The van der Waals surface area contributed by atoms with Gasteiger partial charge in [0.1, 0.15) is 10.7 Å². The van der Waals surface area contributed by atoms with Gasteiger partial charge in [-0.25, -0.2) is 12.8 Å². The van der Waals surface area contributed by atoms with Gasteiger partial charge in [-0.05, 0) is 36.5 Å². The first-order chi connectivity index (χ1) is 8.72. The standard InChI is InChI=1S/C13H19FN2O2S/c1-13(2)6-3-7-16(9-13)19(17,18)12-8-10(14)4-5-11(12)15/h4-5,8H,3,6-7,9,15H2,1-2H3. The fourth-order valence-electron chi connectivity index (χ4n) is 2.45. The van der Waals surface area contributed by atoms with E-state index in [0.717, 1.165) is 25.0 Å². The van der Waals surface area contributed by atoms with E-state index >= 15 is 0 Å². The molecule has 0 aromatic heterocycles. The average Bonchev–Trinajstić information content (AvgIpc) is 2.31. The van der Waals surface area contributed by atoms with Crippen LogP contribution in [0.1, 0.15) is 26.7 Å². The number of anilines is 1. The number of halogens is 1. The number of nitrogens with two attached hydrogens (primary N) is 1. The van der Waals surface area contributed by atoms with Crippen molar-refractivity contribution >= 4 is 15.7 Å². The lowest BCUT2D eigenvalue weighted by molar-refractivity contribution is 0.187. The van der Waals surface area contributed by atoms with Gasteiger partial charge < -0.3 is 5.73 Å². The number of hydrogen-bond acceptors (Lipinski definition) is 3. The van der Waals surface area contributed by atoms with Crippen LogP contribution in [-0.2, 0) is 10.0 Å². The summed E-state index contributed by atoms with van der Waals surface area (Å²) in [5.41, 5.74) is 5.70. The van der Waals surface area contributed by atoms with Crippen LogP contribution in [0.5, 0.6) is 0 Å². The summed E-state index contributed by atoms with van der Waals surface area (Å²) in [6, 6.07) is 3.44. The number of piperidine rings is 1. The van der Waals surface area contributed by atoms with E-state index in [-0.39, 0.29) is 16.0 Å². The van der Waals surface area contributed by atoms with Gasteiger partial charge in [0.25, 0.3) is 0 Å². The third-order valence-corrected chi connectivity index (χ3v) is 5.36. The number of benzene rings is 1. The number of nitrogens with zero attached hydrogens (tertiary/aromatic N) is 1. The van der Waals surface area contributed by atoms with Crippen molar-refractivity contribution in [1.29, 1.82) is 0 Å². The van der Waals surface area contributed by atoms with Crippen molar-refractivity contribution in [3.8, 4) is 0 Å². The van der Waals surface area contributed by atoms with E-state index in [9.17, 15) is 12.8 Å². The molecule has 0 saturated carbocycles. The Morgan fingerprint density at radius 3 is 2.68 bits per heavy atom. The molecule has 106 valence electrons. The van der Waals surface area contributed by atoms with Gasteiger partial charge in [-0.3, -0.25) is 0 Å². The van der Waals surface area contributed by atoms with E-state index in [0.29, 0.717) is 13.1 Å². The van der Waals surface area contributed by atoms with E-state index in [2.05, 4.69) is 0 Å². The zero-order valence-corrected chi connectivity index (χ0v) is 12.0. The van der Waals surface area contributed by atoms with Gasteiger partial charge in [0.2, 0.25) is 10.0 Å². The summed E-state index contributed by atoms with van der Waals surface area (Å²) >= 11 is 0. The van der Waals surface area contributed by atoms with Crippen LogP contribution in [0.25, 0.3) is 0 Å². The van der Waals surface area contributed by atoms with Crippen molar-refractivity contribution in [1.82, 2.24) is 4.31 Å². The van der Waals surface area contributed by atoms with Crippen LogP contribution in [0.3, 0.4) is 0 Å². The zero-order chi connectivity index (χ0) is 14.3. The summed E-state index contributed by atoms with van der Waals surface area (Å²) in [5, 5.41) is 0. The third-order valence-electron chi connectivity index (χ3n) is 3.46. The van der Waals surface area contributed by atoms with Gasteiger partial charge in [-0.1, -0.05) is 13.8 Å². The fraction of sp³-hybridized carbons (Fsp3) is 0.538. The average molecular weight is 286 g/mol. The molecular formula is C13H19FN2O2S. The summed E-state index contributed by atoms with van der Waals surface area (Å²) in [7, 11) is -3.72. The second-order valence-corrected chi connectivity index (χ2v) is 7.69. The Bertz CT molecular complexity index is 584. The summed E-state index contributed by atoms with van der Waals surface area (Å²) in [5.74, 6) is -0.593. The highest BCUT2D eigenvalue weighted by Gasteiger charge is 2.35. The molecule has 2 rings (SSSR count). The highest BCUT2D eigenvalue weighted by Crippen LogP contribution is 2.33. The molecule has 19 heavy (non-hydrogen) atoms. The predicted octanol–water partition coefficient (Wildman–Crippen LogP) is 2.22. The van der Waals surface area contributed by atoms with Crippen molar-refractivity contribution < 1.29 is 12.8 Å². The van der Waals surface area contributed by atoms with Crippen molar-refractivity contribution in [2.45, 2.75) is 31.6 Å². The predicted molar refractivity (Wildman–Crippen MR) is 72.6 cm³/mol. The normalized spacial score (nSPS) is 20.4. The highest BCUT2D eigenvalue weighted by molar-refractivity contribution is 7.89. The molecule has 0 aliphatic carbocycles. The molecule has 1 heterocycles. The van der Waals surface area contributed by atoms with Crippen LogP contribution < -0.4 is 5.73 Å². The van der Waals surface area contributed by atoms with Gasteiger partial charge in [0.05, 0.1) is 5.69 Å². The maximum Gasteiger partial charge on any atom is 0.245 e. The van der Waals surface area contributed by atoms with E-state index in [1.54, 1.807) is 0 Å². The van der Waals surface area contributed by atoms with E-state index in [4.69, 9.17) is 5.73 Å². The van der Waals surface area contributed by atoms with Crippen molar-refractivity contribution in [2.75, 3.05) is 18.8 Å². The fourth-order valence-corrected chi connectivity index (χ4v) is 4.24. The first kappa shape index (κ1) is 14.3. The molecule has 1 aliphatic heterocycles. The molecule has 0 bridgehead atoms. The van der Waals surface area contributed by atoms with Crippen LogP contribution in [0.15, 0.2) is 23.1 Å². The smallest absolute Gasteiger partial charge is 0.245 e. The lowest BCUT2D eigenvalue weighted by atomic mass is 9.85. The minimum atomic E-state index is -3.72. The summed E-state index contributed by atoms with van der Waals surface area (Å²) in [6.07, 6.45) is 1.79. The summed E-state index contributed by atoms with van der Waals surface area (Å²) in [4.78, 5) is -0.134. The summed E-state index contributed by atoms with van der Waals surface area (Å²) in [6.45, 7) is 4.96. The molecule has 1 saturated heterocycles. The maximum atomic E-state index is 13.3. The molecule has 0 spiro atoms. The Hall–Kier alpha value is -1.14. The monoisotopic (exact) mass is 286 g/mol. The third kappa shape index (κ3) is 2.90. The first-order valence-electron chi connectivity index (χ1n) is 6.28. The molecule has 4 nitrogen and oxygen atoms in total. The number of sulfonamides is 1. The van der Waals surface area contributed by atoms with Crippen LogP contribution in [0.2, 0.25) is 0 Å². The molecule has 1 aliphatic rings. The largest absolute Gasteiger partial charge is 0.398 e. The van der Waals surface area contributed by atoms with E-state index < -0.39 is 15.8 Å². The number of rotatable bonds is 2. The van der Waals surface area contributed by atoms with Crippen LogP contribution in [-0.4, -0.2) is 25.8 Å². The Morgan fingerprint density at radius 2 is 2.05 bits per heavy atom. The molecule has 1 aromatic carbocycles. The number of hydrogen-bond donors (Lipinski definition) is 1. The molecule has 0 radical (unpaired) electrons. The molecule has 1 fully saturated rings. The van der Waals surface area contributed by atoms with Crippen molar-refractivity contribution in [3.05, 3.63) is 24.0 Å². The molecule has 6 heteroatoms. The Kier molecular flexibility index (Phi) is 3.57. The Morgan fingerprint density at radius 1 is 1.37 bits per heavy atom. The second kappa shape index (κ2) is 4.76. The van der Waals surface area contributed by atoms with Gasteiger partial charge >= 0.3 is 0 Å². The first-order valence-corrected chi connectivity index (χ1v) is 7.72.